The minimum absolute atomic E-state index is 0.113. The van der Waals surface area contributed by atoms with Crippen molar-refractivity contribution in [2.45, 2.75) is 57.5 Å². The number of nitrogens with zero attached hydrogens (tertiary/aromatic N) is 2. The van der Waals surface area contributed by atoms with E-state index in [9.17, 15) is 18.0 Å². The van der Waals surface area contributed by atoms with Crippen molar-refractivity contribution in [2.75, 3.05) is 0 Å². The van der Waals surface area contributed by atoms with Crippen LogP contribution in [-0.4, -0.2) is 41.8 Å². The van der Waals surface area contributed by atoms with E-state index in [1.54, 1.807) is 29.0 Å². The zero-order chi connectivity index (χ0) is 23.7. The smallest absolute Gasteiger partial charge is 0.418 e. The molecular formula is C23H27N3O5S. The predicted octanol–water partition coefficient (Wildman–Crippen LogP) is 3.94. The molecular weight excluding hydrogens is 430 g/mol. The van der Waals surface area contributed by atoms with Crippen LogP contribution in [0.15, 0.2) is 52.4 Å². The third-order valence-electron chi connectivity index (χ3n) is 5.59. The van der Waals surface area contributed by atoms with Gasteiger partial charge in [0, 0.05) is 18.5 Å². The number of amides is 2. The van der Waals surface area contributed by atoms with E-state index in [1.165, 1.54) is 6.07 Å². The van der Waals surface area contributed by atoms with E-state index in [4.69, 9.17) is 5.11 Å². The summed E-state index contributed by atoms with van der Waals surface area (Å²) in [6, 6.07) is 11.8. The van der Waals surface area contributed by atoms with Crippen LogP contribution in [0.25, 0.3) is 11.1 Å². The minimum atomic E-state index is -4.23. The van der Waals surface area contributed by atoms with Gasteiger partial charge in [0.2, 0.25) is 0 Å². The van der Waals surface area contributed by atoms with Gasteiger partial charge in [0.05, 0.1) is 4.90 Å². The van der Waals surface area contributed by atoms with Crippen molar-refractivity contribution < 1.29 is 23.1 Å². The summed E-state index contributed by atoms with van der Waals surface area (Å²) < 4.78 is 26.5. The van der Waals surface area contributed by atoms with E-state index in [2.05, 4.69) is 4.99 Å². The molecule has 1 heterocycles. The van der Waals surface area contributed by atoms with Crippen LogP contribution in [0.3, 0.4) is 0 Å². The maximum atomic E-state index is 12.5. The molecule has 0 spiro atoms. The lowest BCUT2D eigenvalue weighted by molar-refractivity contribution is -0.124. The highest BCUT2D eigenvalue weighted by Gasteiger charge is 2.41. The Hall–Kier alpha value is -3.20. The van der Waals surface area contributed by atoms with Gasteiger partial charge in [-0.3, -0.25) is 4.79 Å². The van der Waals surface area contributed by atoms with Crippen molar-refractivity contribution in [1.82, 2.24) is 9.62 Å². The van der Waals surface area contributed by atoms with Crippen LogP contribution in [0.5, 0.6) is 0 Å². The summed E-state index contributed by atoms with van der Waals surface area (Å²) in [5, 5.41) is 8.88. The standard InChI is InChI=1S/C23H27N3O5S/c1-5-8-20-24-21(27)23(3,4)26(20)14-17-12-11-16(13-15(17)2)18-9-6-7-10-19(18)32(30,31)25-22(28)29/h6-7,9-13,25H,5,8,14H2,1-4H3,(H,28,29). The molecule has 2 aromatic carbocycles. The molecule has 0 atom stereocenters. The molecule has 0 saturated carbocycles. The summed E-state index contributed by atoms with van der Waals surface area (Å²) in [6.45, 7) is 8.20. The summed E-state index contributed by atoms with van der Waals surface area (Å²) in [7, 11) is -4.23. The van der Waals surface area contributed by atoms with E-state index in [1.807, 2.05) is 44.7 Å². The van der Waals surface area contributed by atoms with Crippen LogP contribution in [-0.2, 0) is 21.4 Å². The Morgan fingerprint density at radius 2 is 1.88 bits per heavy atom. The van der Waals surface area contributed by atoms with E-state index < -0.39 is 21.7 Å². The monoisotopic (exact) mass is 457 g/mol. The molecule has 3 rings (SSSR count). The largest absolute Gasteiger partial charge is 0.464 e. The van der Waals surface area contributed by atoms with Crippen molar-refractivity contribution in [1.29, 1.82) is 0 Å². The third kappa shape index (κ3) is 4.52. The number of aryl methyl sites for hydroxylation is 1. The molecule has 0 bridgehead atoms. The molecule has 0 aromatic heterocycles. The van der Waals surface area contributed by atoms with E-state index >= 15 is 0 Å². The average Bonchev–Trinajstić information content (AvgIpc) is 2.91. The Kier molecular flexibility index (Phi) is 6.41. The number of rotatable bonds is 7. The molecule has 2 N–H and O–H groups in total. The molecule has 1 aliphatic heterocycles. The van der Waals surface area contributed by atoms with Gasteiger partial charge in [0.1, 0.15) is 11.4 Å². The highest BCUT2D eigenvalue weighted by molar-refractivity contribution is 7.90. The third-order valence-corrected chi connectivity index (χ3v) is 6.97. The lowest BCUT2D eigenvalue weighted by Crippen LogP contribution is -2.46. The average molecular weight is 458 g/mol. The predicted molar refractivity (Wildman–Crippen MR) is 122 cm³/mol. The first-order chi connectivity index (χ1) is 15.0. The number of hydrogen-bond donors (Lipinski definition) is 2. The number of sulfonamides is 1. The van der Waals surface area contributed by atoms with Crippen LogP contribution in [0.1, 0.15) is 44.7 Å². The Morgan fingerprint density at radius 1 is 1.19 bits per heavy atom. The lowest BCUT2D eigenvalue weighted by atomic mass is 9.97. The summed E-state index contributed by atoms with van der Waals surface area (Å²) in [6.07, 6.45) is -0.0426. The van der Waals surface area contributed by atoms with Crippen molar-refractivity contribution in [3.8, 4) is 11.1 Å². The van der Waals surface area contributed by atoms with Gasteiger partial charge < -0.3 is 10.0 Å². The molecule has 0 fully saturated rings. The number of aliphatic imine (C=N–C) groups is 1. The summed E-state index contributed by atoms with van der Waals surface area (Å²) >= 11 is 0. The highest BCUT2D eigenvalue weighted by atomic mass is 32.2. The fraction of sp³-hybridized carbons (Fsp3) is 0.348. The number of benzene rings is 2. The van der Waals surface area contributed by atoms with Gasteiger partial charge >= 0.3 is 6.09 Å². The first-order valence-electron chi connectivity index (χ1n) is 10.3. The number of amidine groups is 1. The normalized spacial score (nSPS) is 15.6. The number of carboxylic acid groups (broad SMARTS) is 1. The molecule has 170 valence electrons. The van der Waals surface area contributed by atoms with E-state index in [0.717, 1.165) is 23.4 Å². The fourth-order valence-electron chi connectivity index (χ4n) is 3.78. The minimum Gasteiger partial charge on any atom is -0.464 e. The first kappa shape index (κ1) is 23.5. The number of nitrogens with one attached hydrogen (secondary N) is 1. The van der Waals surface area contributed by atoms with Crippen molar-refractivity contribution in [3.63, 3.8) is 0 Å². The molecule has 0 aliphatic carbocycles. The van der Waals surface area contributed by atoms with Crippen molar-refractivity contribution in [2.24, 2.45) is 4.99 Å². The molecule has 2 amide bonds. The van der Waals surface area contributed by atoms with Gasteiger partial charge in [-0.05, 0) is 49.9 Å². The number of carbonyl (C=O) groups is 2. The van der Waals surface area contributed by atoms with E-state index in [0.29, 0.717) is 24.1 Å². The Morgan fingerprint density at radius 3 is 2.50 bits per heavy atom. The Bertz CT molecular complexity index is 1200. The number of carbonyl (C=O) groups excluding carboxylic acids is 1. The molecule has 0 radical (unpaired) electrons. The van der Waals surface area contributed by atoms with Gasteiger partial charge in [0.25, 0.3) is 15.9 Å². The Balaban J connectivity index is 1.96. The van der Waals surface area contributed by atoms with Gasteiger partial charge in [-0.1, -0.05) is 43.3 Å². The summed E-state index contributed by atoms with van der Waals surface area (Å²) in [5.41, 5.74) is 2.24. The van der Waals surface area contributed by atoms with Gasteiger partial charge in [-0.25, -0.2) is 17.9 Å². The second kappa shape index (κ2) is 8.74. The topological polar surface area (TPSA) is 116 Å². The number of hydrogen-bond acceptors (Lipinski definition) is 5. The van der Waals surface area contributed by atoms with Crippen LogP contribution in [0.4, 0.5) is 4.79 Å². The van der Waals surface area contributed by atoms with Crippen molar-refractivity contribution >= 4 is 27.9 Å². The molecule has 8 nitrogen and oxygen atoms in total. The fourth-order valence-corrected chi connectivity index (χ4v) is 4.85. The molecule has 32 heavy (non-hydrogen) atoms. The van der Waals surface area contributed by atoms with E-state index in [-0.39, 0.29) is 10.8 Å². The van der Waals surface area contributed by atoms with Crippen LogP contribution in [0.2, 0.25) is 0 Å². The summed E-state index contributed by atoms with van der Waals surface area (Å²) in [5.74, 6) is 0.627. The van der Waals surface area contributed by atoms with Gasteiger partial charge in [0.15, 0.2) is 0 Å². The molecule has 1 aliphatic rings. The zero-order valence-electron chi connectivity index (χ0n) is 18.5. The van der Waals surface area contributed by atoms with Gasteiger partial charge in [-0.2, -0.15) is 4.99 Å². The lowest BCUT2D eigenvalue weighted by Gasteiger charge is -2.33. The van der Waals surface area contributed by atoms with Gasteiger partial charge in [-0.15, -0.1) is 0 Å². The Labute approximate surface area is 188 Å². The zero-order valence-corrected chi connectivity index (χ0v) is 19.4. The SMILES string of the molecule is CCCC1=NC(=O)C(C)(C)N1Cc1ccc(-c2ccccc2S(=O)(=O)NC(=O)O)cc1C. The molecule has 0 saturated heterocycles. The maximum Gasteiger partial charge on any atom is 0.418 e. The van der Waals surface area contributed by atoms with Crippen LogP contribution < -0.4 is 4.72 Å². The molecule has 2 aromatic rings. The summed E-state index contributed by atoms with van der Waals surface area (Å²) in [4.78, 5) is 29.5. The van der Waals surface area contributed by atoms with Crippen LogP contribution in [0, 0.1) is 6.92 Å². The molecule has 9 heteroatoms. The second-order valence-corrected chi connectivity index (χ2v) is 9.93. The first-order valence-corrected chi connectivity index (χ1v) is 11.8. The van der Waals surface area contributed by atoms with Crippen molar-refractivity contribution in [3.05, 3.63) is 53.6 Å². The quantitative estimate of drug-likeness (QED) is 0.651. The second-order valence-electron chi connectivity index (χ2n) is 8.28. The molecule has 0 unspecified atom stereocenters. The maximum absolute atomic E-state index is 12.5. The van der Waals surface area contributed by atoms with Crippen LogP contribution >= 0.6 is 0 Å². The highest BCUT2D eigenvalue weighted by Crippen LogP contribution is 2.32.